The molecule has 148 valence electrons. The molecule has 0 aliphatic heterocycles. The molecule has 5 rings (SSSR count). The van der Waals surface area contributed by atoms with Crippen molar-refractivity contribution < 1.29 is 8.78 Å². The van der Waals surface area contributed by atoms with Gasteiger partial charge in [0.2, 0.25) is 0 Å². The molecule has 0 radical (unpaired) electrons. The van der Waals surface area contributed by atoms with Crippen molar-refractivity contribution in [2.45, 2.75) is 6.54 Å². The van der Waals surface area contributed by atoms with Crippen LogP contribution in [0, 0.1) is 15.6 Å². The van der Waals surface area contributed by atoms with Crippen molar-refractivity contribution in [3.63, 3.8) is 0 Å². The minimum atomic E-state index is -0.363. The molecule has 7 heteroatoms. The van der Waals surface area contributed by atoms with E-state index in [0.29, 0.717) is 26.1 Å². The van der Waals surface area contributed by atoms with E-state index < -0.39 is 0 Å². The number of hydrogen-bond donors (Lipinski definition) is 0. The first-order valence-corrected chi connectivity index (χ1v) is 10.4. The van der Waals surface area contributed by atoms with Gasteiger partial charge in [0.25, 0.3) is 5.56 Å². The molecule has 0 atom stereocenters. The first kappa shape index (κ1) is 18.8. The number of rotatable bonds is 3. The molecule has 0 amide bonds. The molecule has 0 unspecified atom stereocenters. The fourth-order valence-corrected chi connectivity index (χ4v) is 5.10. The second-order valence-corrected chi connectivity index (χ2v) is 8.55. The van der Waals surface area contributed by atoms with Gasteiger partial charge >= 0.3 is 0 Å². The molecule has 0 saturated carbocycles. The van der Waals surface area contributed by atoms with Crippen LogP contribution in [-0.2, 0) is 6.54 Å². The Kier molecular flexibility index (Phi) is 4.56. The molecule has 0 N–H and O–H groups in total. The quantitative estimate of drug-likeness (QED) is 0.323. The van der Waals surface area contributed by atoms with Gasteiger partial charge in [-0.15, -0.1) is 11.3 Å². The Balaban J connectivity index is 1.90. The highest BCUT2D eigenvalue weighted by atomic mass is 32.1. The molecule has 0 spiro atoms. The van der Waals surface area contributed by atoms with Gasteiger partial charge in [0.15, 0.2) is 3.95 Å². The Bertz CT molecular complexity index is 1530. The van der Waals surface area contributed by atoms with Gasteiger partial charge in [0.05, 0.1) is 22.3 Å². The third-order valence-corrected chi connectivity index (χ3v) is 6.41. The Morgan fingerprint density at radius 1 is 0.900 bits per heavy atom. The van der Waals surface area contributed by atoms with E-state index in [0.717, 1.165) is 10.4 Å². The van der Waals surface area contributed by atoms with Crippen LogP contribution in [0.3, 0.4) is 0 Å². The average Bonchev–Trinajstić information content (AvgIpc) is 3.09. The second-order valence-electron chi connectivity index (χ2n) is 6.90. The molecule has 5 aromatic rings. The summed E-state index contributed by atoms with van der Waals surface area (Å²) < 4.78 is 31.3. The predicted molar refractivity (Wildman–Crippen MR) is 119 cm³/mol. The van der Waals surface area contributed by atoms with Crippen molar-refractivity contribution >= 4 is 40.1 Å². The van der Waals surface area contributed by atoms with Gasteiger partial charge in [-0.25, -0.2) is 8.78 Å². The lowest BCUT2D eigenvalue weighted by Crippen LogP contribution is -2.23. The summed E-state index contributed by atoms with van der Waals surface area (Å²) in [7, 11) is 0. The van der Waals surface area contributed by atoms with Gasteiger partial charge in [-0.1, -0.05) is 36.4 Å². The molecule has 3 aromatic carbocycles. The van der Waals surface area contributed by atoms with E-state index in [1.807, 2.05) is 16.5 Å². The van der Waals surface area contributed by atoms with Crippen LogP contribution in [0.2, 0.25) is 0 Å². The van der Waals surface area contributed by atoms with Crippen molar-refractivity contribution in [1.82, 2.24) is 8.97 Å². The van der Waals surface area contributed by atoms with E-state index in [9.17, 15) is 13.6 Å². The van der Waals surface area contributed by atoms with E-state index in [2.05, 4.69) is 0 Å². The normalized spacial score (nSPS) is 11.4. The molecular weight excluding hydrogens is 422 g/mol. The molecular formula is C23H14F2N2OS2. The van der Waals surface area contributed by atoms with Crippen molar-refractivity contribution in [3.8, 4) is 10.4 Å². The predicted octanol–water partition coefficient (Wildman–Crippen LogP) is 6.04. The zero-order valence-electron chi connectivity index (χ0n) is 15.5. The lowest BCUT2D eigenvalue weighted by atomic mass is 10.1. The zero-order valence-corrected chi connectivity index (χ0v) is 17.1. The summed E-state index contributed by atoms with van der Waals surface area (Å²) in [6, 6.07) is 19.6. The molecule has 2 heterocycles. The SMILES string of the molecule is O=c1c2ccccc2n2c(=S)sc(-c3ccc(F)cc3)c2n1Cc1cccc(F)c1. The summed E-state index contributed by atoms with van der Waals surface area (Å²) in [5.41, 5.74) is 2.56. The van der Waals surface area contributed by atoms with Crippen LogP contribution in [0.5, 0.6) is 0 Å². The van der Waals surface area contributed by atoms with E-state index in [-0.39, 0.29) is 23.7 Å². The molecule has 30 heavy (non-hydrogen) atoms. The Labute approximate surface area is 179 Å². The molecule has 0 fully saturated rings. The van der Waals surface area contributed by atoms with Crippen LogP contribution in [0.4, 0.5) is 8.78 Å². The minimum absolute atomic E-state index is 0.185. The van der Waals surface area contributed by atoms with Gasteiger partial charge in [-0.05, 0) is 59.7 Å². The Morgan fingerprint density at radius 2 is 1.67 bits per heavy atom. The Morgan fingerprint density at radius 3 is 2.43 bits per heavy atom. The first-order valence-electron chi connectivity index (χ1n) is 9.20. The van der Waals surface area contributed by atoms with Crippen molar-refractivity contribution in [3.05, 3.63) is 104 Å². The van der Waals surface area contributed by atoms with Gasteiger partial charge < -0.3 is 0 Å². The standard InChI is InChI=1S/C23H14F2N2OS2/c24-16-10-8-15(9-11-16)20-21-26(13-14-4-3-5-17(25)12-14)22(28)18-6-1-2-7-19(18)27(21)23(29)30-20/h1-12H,13H2. The number of nitrogens with zero attached hydrogens (tertiary/aromatic N) is 2. The van der Waals surface area contributed by atoms with E-state index >= 15 is 0 Å². The summed E-state index contributed by atoms with van der Waals surface area (Å²) in [5, 5.41) is 0.529. The summed E-state index contributed by atoms with van der Waals surface area (Å²) in [6.45, 7) is 0.185. The molecule has 2 aromatic heterocycles. The number of para-hydroxylation sites is 1. The summed E-state index contributed by atoms with van der Waals surface area (Å²) in [4.78, 5) is 14.2. The summed E-state index contributed by atoms with van der Waals surface area (Å²) >= 11 is 7.01. The van der Waals surface area contributed by atoms with Crippen LogP contribution in [-0.4, -0.2) is 8.97 Å². The summed E-state index contributed by atoms with van der Waals surface area (Å²) in [6.07, 6.45) is 0. The van der Waals surface area contributed by atoms with Crippen molar-refractivity contribution in [1.29, 1.82) is 0 Å². The van der Waals surface area contributed by atoms with Crippen LogP contribution < -0.4 is 5.56 Å². The maximum absolute atomic E-state index is 13.8. The molecule has 0 aliphatic carbocycles. The Hall–Kier alpha value is -3.16. The number of hydrogen-bond acceptors (Lipinski definition) is 3. The number of halogens is 2. The fraction of sp³-hybridized carbons (Fsp3) is 0.0435. The first-order chi connectivity index (χ1) is 14.5. The third-order valence-electron chi connectivity index (χ3n) is 5.00. The van der Waals surface area contributed by atoms with E-state index in [1.54, 1.807) is 41.0 Å². The van der Waals surface area contributed by atoms with Gasteiger partial charge in [0, 0.05) is 0 Å². The maximum Gasteiger partial charge on any atom is 0.261 e. The third kappa shape index (κ3) is 3.07. The highest BCUT2D eigenvalue weighted by Gasteiger charge is 2.18. The van der Waals surface area contributed by atoms with Crippen LogP contribution in [0.1, 0.15) is 5.56 Å². The smallest absolute Gasteiger partial charge is 0.261 e. The van der Waals surface area contributed by atoms with E-state index in [4.69, 9.17) is 12.2 Å². The van der Waals surface area contributed by atoms with E-state index in [1.165, 1.54) is 35.6 Å². The summed E-state index contributed by atoms with van der Waals surface area (Å²) in [5.74, 6) is -0.702. The second kappa shape index (κ2) is 7.27. The van der Waals surface area contributed by atoms with Crippen LogP contribution in [0.25, 0.3) is 27.0 Å². The van der Waals surface area contributed by atoms with Crippen molar-refractivity contribution in [2.75, 3.05) is 0 Å². The van der Waals surface area contributed by atoms with Gasteiger partial charge in [-0.2, -0.15) is 0 Å². The lowest BCUT2D eigenvalue weighted by Gasteiger charge is -2.13. The molecule has 3 nitrogen and oxygen atoms in total. The number of benzene rings is 3. The zero-order chi connectivity index (χ0) is 20.8. The molecule has 0 saturated heterocycles. The average molecular weight is 437 g/mol. The number of fused-ring (bicyclic) bond motifs is 3. The highest BCUT2D eigenvalue weighted by molar-refractivity contribution is 7.73. The topological polar surface area (TPSA) is 26.4 Å². The molecule has 0 aliphatic rings. The largest absolute Gasteiger partial charge is 0.288 e. The monoisotopic (exact) mass is 436 g/mol. The highest BCUT2D eigenvalue weighted by Crippen LogP contribution is 2.33. The molecule has 0 bridgehead atoms. The lowest BCUT2D eigenvalue weighted by molar-refractivity contribution is 0.623. The van der Waals surface area contributed by atoms with Gasteiger partial charge in [0.1, 0.15) is 17.3 Å². The number of thiazole rings is 1. The number of aromatic nitrogens is 2. The van der Waals surface area contributed by atoms with Crippen LogP contribution in [0.15, 0.2) is 77.6 Å². The van der Waals surface area contributed by atoms with Crippen LogP contribution >= 0.6 is 23.6 Å². The van der Waals surface area contributed by atoms with Crippen molar-refractivity contribution in [2.24, 2.45) is 0 Å². The van der Waals surface area contributed by atoms with Gasteiger partial charge in [-0.3, -0.25) is 13.8 Å². The maximum atomic E-state index is 13.8. The minimum Gasteiger partial charge on any atom is -0.288 e. The fourth-order valence-electron chi connectivity index (χ4n) is 3.67.